The SMILES string of the molecule is CCN(CC)CCCC(C)NC(=O)c1ccc(Br)cc1Br. The highest BCUT2D eigenvalue weighted by Gasteiger charge is 2.13. The maximum Gasteiger partial charge on any atom is 0.252 e. The number of benzene rings is 1. The van der Waals surface area contributed by atoms with E-state index in [-0.39, 0.29) is 11.9 Å². The van der Waals surface area contributed by atoms with Crippen molar-refractivity contribution in [3.63, 3.8) is 0 Å². The number of carbonyl (C=O) groups excluding carboxylic acids is 1. The minimum absolute atomic E-state index is 0.0234. The lowest BCUT2D eigenvalue weighted by molar-refractivity contribution is 0.0936. The van der Waals surface area contributed by atoms with Gasteiger partial charge in [-0.05, 0) is 73.5 Å². The average molecular weight is 420 g/mol. The molecule has 0 radical (unpaired) electrons. The van der Waals surface area contributed by atoms with Gasteiger partial charge in [0, 0.05) is 15.0 Å². The third kappa shape index (κ3) is 6.49. The Balaban J connectivity index is 2.43. The highest BCUT2D eigenvalue weighted by Crippen LogP contribution is 2.22. The van der Waals surface area contributed by atoms with Gasteiger partial charge in [0.25, 0.3) is 5.91 Å². The Morgan fingerprint density at radius 1 is 1.29 bits per heavy atom. The molecule has 1 aromatic carbocycles. The summed E-state index contributed by atoms with van der Waals surface area (Å²) < 4.78 is 1.77. The topological polar surface area (TPSA) is 32.3 Å². The largest absolute Gasteiger partial charge is 0.350 e. The molecule has 1 atom stereocenters. The van der Waals surface area contributed by atoms with Crippen molar-refractivity contribution in [3.8, 4) is 0 Å². The first-order chi connectivity index (χ1) is 9.97. The Kier molecular flexibility index (Phi) is 8.52. The highest BCUT2D eigenvalue weighted by molar-refractivity contribution is 9.11. The minimum atomic E-state index is -0.0234. The summed E-state index contributed by atoms with van der Waals surface area (Å²) in [5.41, 5.74) is 0.675. The summed E-state index contributed by atoms with van der Waals surface area (Å²) >= 11 is 6.82. The molecule has 0 heterocycles. The zero-order valence-electron chi connectivity index (χ0n) is 13.0. The molecule has 0 aliphatic heterocycles. The molecule has 0 spiro atoms. The van der Waals surface area contributed by atoms with Crippen molar-refractivity contribution in [2.45, 2.75) is 39.7 Å². The number of hydrogen-bond acceptors (Lipinski definition) is 2. The number of nitrogens with zero attached hydrogens (tertiary/aromatic N) is 1. The van der Waals surface area contributed by atoms with Crippen molar-refractivity contribution in [1.29, 1.82) is 0 Å². The minimum Gasteiger partial charge on any atom is -0.350 e. The fourth-order valence-corrected chi connectivity index (χ4v) is 3.44. The second-order valence-corrected chi connectivity index (χ2v) is 6.94. The smallest absolute Gasteiger partial charge is 0.252 e. The van der Waals surface area contributed by atoms with Gasteiger partial charge in [0.2, 0.25) is 0 Å². The first-order valence-corrected chi connectivity index (χ1v) is 9.04. The van der Waals surface area contributed by atoms with E-state index in [1.807, 2.05) is 18.2 Å². The molecule has 3 nitrogen and oxygen atoms in total. The number of hydrogen-bond donors (Lipinski definition) is 1. The van der Waals surface area contributed by atoms with E-state index in [0.29, 0.717) is 5.56 Å². The molecule has 1 aromatic rings. The highest BCUT2D eigenvalue weighted by atomic mass is 79.9. The molecule has 0 saturated heterocycles. The van der Waals surface area contributed by atoms with E-state index < -0.39 is 0 Å². The molecule has 5 heteroatoms. The van der Waals surface area contributed by atoms with Gasteiger partial charge in [-0.15, -0.1) is 0 Å². The van der Waals surface area contributed by atoms with Crippen molar-refractivity contribution in [3.05, 3.63) is 32.7 Å². The standard InChI is InChI=1S/C16H24Br2N2O/c1-4-20(5-2)10-6-7-12(3)19-16(21)14-9-8-13(17)11-15(14)18/h8-9,11-12H,4-7,10H2,1-3H3,(H,19,21). The van der Waals surface area contributed by atoms with Gasteiger partial charge in [-0.25, -0.2) is 0 Å². The number of rotatable bonds is 8. The molecular formula is C16H24Br2N2O. The van der Waals surface area contributed by atoms with Crippen LogP contribution in [0.2, 0.25) is 0 Å². The van der Waals surface area contributed by atoms with Crippen LogP contribution in [0.4, 0.5) is 0 Å². The summed E-state index contributed by atoms with van der Waals surface area (Å²) in [5.74, 6) is -0.0234. The monoisotopic (exact) mass is 418 g/mol. The fraction of sp³-hybridized carbons (Fsp3) is 0.562. The van der Waals surface area contributed by atoms with Gasteiger partial charge in [0.1, 0.15) is 0 Å². The van der Waals surface area contributed by atoms with Crippen LogP contribution >= 0.6 is 31.9 Å². The summed E-state index contributed by atoms with van der Waals surface area (Å²) in [6.07, 6.45) is 2.10. The third-order valence-corrected chi connectivity index (χ3v) is 4.71. The molecule has 1 N–H and O–H groups in total. The van der Waals surface area contributed by atoms with Gasteiger partial charge >= 0.3 is 0 Å². The maximum atomic E-state index is 12.2. The van der Waals surface area contributed by atoms with Crippen LogP contribution in [0.25, 0.3) is 0 Å². The Labute approximate surface area is 144 Å². The van der Waals surface area contributed by atoms with E-state index in [9.17, 15) is 4.79 Å². The lowest BCUT2D eigenvalue weighted by Crippen LogP contribution is -2.33. The van der Waals surface area contributed by atoms with E-state index in [1.165, 1.54) is 0 Å². The van der Waals surface area contributed by atoms with E-state index in [2.05, 4.69) is 62.8 Å². The van der Waals surface area contributed by atoms with Crippen LogP contribution in [-0.4, -0.2) is 36.5 Å². The Morgan fingerprint density at radius 2 is 1.95 bits per heavy atom. The third-order valence-electron chi connectivity index (χ3n) is 3.56. The van der Waals surface area contributed by atoms with E-state index in [4.69, 9.17) is 0 Å². The molecule has 0 aliphatic rings. The van der Waals surface area contributed by atoms with Crippen molar-refractivity contribution < 1.29 is 4.79 Å². The van der Waals surface area contributed by atoms with E-state index in [0.717, 1.165) is 41.4 Å². The van der Waals surface area contributed by atoms with Crippen molar-refractivity contribution in [2.24, 2.45) is 0 Å². The molecule has 0 fully saturated rings. The molecular weight excluding hydrogens is 396 g/mol. The van der Waals surface area contributed by atoms with Gasteiger partial charge in [0.05, 0.1) is 5.56 Å². The molecule has 0 bridgehead atoms. The first kappa shape index (κ1) is 18.7. The van der Waals surface area contributed by atoms with Crippen LogP contribution in [0.1, 0.15) is 44.0 Å². The summed E-state index contributed by atoms with van der Waals surface area (Å²) in [7, 11) is 0. The van der Waals surface area contributed by atoms with Crippen LogP contribution in [0.5, 0.6) is 0 Å². The van der Waals surface area contributed by atoms with Gasteiger partial charge in [-0.1, -0.05) is 29.8 Å². The van der Waals surface area contributed by atoms with Crippen LogP contribution in [0.3, 0.4) is 0 Å². The summed E-state index contributed by atoms with van der Waals surface area (Å²) in [4.78, 5) is 14.6. The van der Waals surface area contributed by atoms with Crippen LogP contribution in [0.15, 0.2) is 27.1 Å². The molecule has 0 aliphatic carbocycles. The molecule has 21 heavy (non-hydrogen) atoms. The van der Waals surface area contributed by atoms with Crippen molar-refractivity contribution >= 4 is 37.8 Å². The van der Waals surface area contributed by atoms with E-state index >= 15 is 0 Å². The molecule has 0 saturated carbocycles. The lowest BCUT2D eigenvalue weighted by atomic mass is 10.1. The number of halogens is 2. The van der Waals surface area contributed by atoms with Gasteiger partial charge in [0.15, 0.2) is 0 Å². The number of carbonyl (C=O) groups is 1. The molecule has 0 aromatic heterocycles. The molecule has 1 rings (SSSR count). The predicted molar refractivity (Wildman–Crippen MR) is 95.8 cm³/mol. The van der Waals surface area contributed by atoms with Crippen LogP contribution in [0, 0.1) is 0 Å². The predicted octanol–water partition coefficient (Wildman–Crippen LogP) is 4.45. The lowest BCUT2D eigenvalue weighted by Gasteiger charge is -2.20. The summed E-state index contributed by atoms with van der Waals surface area (Å²) in [6, 6.07) is 5.78. The second kappa shape index (κ2) is 9.59. The number of amides is 1. The Bertz CT molecular complexity index is 462. The normalized spacial score (nSPS) is 12.5. The Hall–Kier alpha value is -0.390. The Morgan fingerprint density at radius 3 is 2.52 bits per heavy atom. The van der Waals surface area contributed by atoms with Gasteiger partial charge < -0.3 is 10.2 Å². The quantitative estimate of drug-likeness (QED) is 0.674. The fourth-order valence-electron chi connectivity index (χ4n) is 2.21. The molecule has 1 amide bonds. The number of nitrogens with one attached hydrogen (secondary N) is 1. The van der Waals surface area contributed by atoms with Gasteiger partial charge in [-0.3, -0.25) is 4.79 Å². The van der Waals surface area contributed by atoms with Gasteiger partial charge in [-0.2, -0.15) is 0 Å². The second-order valence-electron chi connectivity index (χ2n) is 5.17. The zero-order valence-corrected chi connectivity index (χ0v) is 16.1. The summed E-state index contributed by atoms with van der Waals surface area (Å²) in [5, 5.41) is 3.06. The molecule has 1 unspecified atom stereocenters. The van der Waals surface area contributed by atoms with Crippen LogP contribution in [-0.2, 0) is 0 Å². The van der Waals surface area contributed by atoms with Crippen molar-refractivity contribution in [2.75, 3.05) is 19.6 Å². The van der Waals surface area contributed by atoms with Crippen LogP contribution < -0.4 is 5.32 Å². The maximum absolute atomic E-state index is 12.2. The van der Waals surface area contributed by atoms with E-state index in [1.54, 1.807) is 0 Å². The zero-order chi connectivity index (χ0) is 15.8. The summed E-state index contributed by atoms with van der Waals surface area (Å²) in [6.45, 7) is 9.69. The molecule has 118 valence electrons. The first-order valence-electron chi connectivity index (χ1n) is 7.46. The average Bonchev–Trinajstić information content (AvgIpc) is 2.43. The van der Waals surface area contributed by atoms with Crippen molar-refractivity contribution in [1.82, 2.24) is 10.2 Å².